The van der Waals surface area contributed by atoms with Crippen LogP contribution < -0.4 is 11.1 Å². The number of hydrogen-bond acceptors (Lipinski definition) is 4. The fourth-order valence-electron chi connectivity index (χ4n) is 1.65. The summed E-state index contributed by atoms with van der Waals surface area (Å²) in [5, 5.41) is 3.22. The SMILES string of the molecule is CN1CCN(CCNCCC(N)=O)CC1. The van der Waals surface area contributed by atoms with E-state index in [4.69, 9.17) is 5.73 Å². The molecular weight excluding hydrogens is 192 g/mol. The largest absolute Gasteiger partial charge is 0.370 e. The Hall–Kier alpha value is -0.650. The van der Waals surface area contributed by atoms with Crippen molar-refractivity contribution < 1.29 is 4.79 Å². The van der Waals surface area contributed by atoms with Gasteiger partial charge >= 0.3 is 0 Å². The highest BCUT2D eigenvalue weighted by Crippen LogP contribution is 1.97. The van der Waals surface area contributed by atoms with Crippen molar-refractivity contribution in [1.82, 2.24) is 15.1 Å². The lowest BCUT2D eigenvalue weighted by atomic mass is 10.3. The molecule has 0 spiro atoms. The van der Waals surface area contributed by atoms with Crippen molar-refractivity contribution in [2.75, 3.05) is 52.9 Å². The highest BCUT2D eigenvalue weighted by Gasteiger charge is 2.12. The Kier molecular flexibility index (Phi) is 5.60. The topological polar surface area (TPSA) is 61.6 Å². The van der Waals surface area contributed by atoms with Gasteiger partial charge in [-0.1, -0.05) is 0 Å². The molecule has 1 aliphatic rings. The Morgan fingerprint density at radius 2 is 1.93 bits per heavy atom. The summed E-state index contributed by atoms with van der Waals surface area (Å²) < 4.78 is 0. The third-order valence-electron chi connectivity index (χ3n) is 2.75. The van der Waals surface area contributed by atoms with Gasteiger partial charge < -0.3 is 16.0 Å². The second-order valence-corrected chi connectivity index (χ2v) is 4.11. The average Bonchev–Trinajstić information content (AvgIpc) is 2.20. The zero-order valence-electron chi connectivity index (χ0n) is 9.54. The molecule has 0 bridgehead atoms. The van der Waals surface area contributed by atoms with E-state index in [1.165, 1.54) is 0 Å². The number of nitrogens with two attached hydrogens (primary N) is 1. The molecule has 3 N–H and O–H groups in total. The van der Waals surface area contributed by atoms with Gasteiger partial charge in [0, 0.05) is 52.2 Å². The number of carbonyl (C=O) groups excluding carboxylic acids is 1. The van der Waals surface area contributed by atoms with Crippen LogP contribution in [0.15, 0.2) is 0 Å². The van der Waals surface area contributed by atoms with Gasteiger partial charge in [-0.3, -0.25) is 9.69 Å². The smallest absolute Gasteiger partial charge is 0.218 e. The van der Waals surface area contributed by atoms with Crippen LogP contribution in [0.2, 0.25) is 0 Å². The summed E-state index contributed by atoms with van der Waals surface area (Å²) in [6, 6.07) is 0. The highest BCUT2D eigenvalue weighted by atomic mass is 16.1. The Morgan fingerprint density at radius 1 is 1.27 bits per heavy atom. The standard InChI is InChI=1S/C10H22N4O/c1-13-6-8-14(9-7-13)5-4-12-3-2-10(11)15/h12H,2-9H2,1H3,(H2,11,15). The normalized spacial score (nSPS) is 19.3. The molecule has 0 radical (unpaired) electrons. The van der Waals surface area contributed by atoms with E-state index in [2.05, 4.69) is 22.2 Å². The first-order valence-corrected chi connectivity index (χ1v) is 5.58. The van der Waals surface area contributed by atoms with E-state index in [1.54, 1.807) is 0 Å². The van der Waals surface area contributed by atoms with Gasteiger partial charge in [-0.2, -0.15) is 0 Å². The van der Waals surface area contributed by atoms with Crippen LogP contribution >= 0.6 is 0 Å². The summed E-state index contributed by atoms with van der Waals surface area (Å²) in [5.41, 5.74) is 5.04. The maximum atomic E-state index is 10.5. The first-order chi connectivity index (χ1) is 7.18. The van der Waals surface area contributed by atoms with Crippen LogP contribution in [0.4, 0.5) is 0 Å². The molecule has 5 nitrogen and oxygen atoms in total. The summed E-state index contributed by atoms with van der Waals surface area (Å²) in [7, 11) is 2.16. The number of likely N-dealkylation sites (N-methyl/N-ethyl adjacent to an activating group) is 1. The van der Waals surface area contributed by atoms with Gasteiger partial charge in [0.15, 0.2) is 0 Å². The van der Waals surface area contributed by atoms with E-state index in [-0.39, 0.29) is 5.91 Å². The van der Waals surface area contributed by atoms with Gasteiger partial charge in [0.2, 0.25) is 5.91 Å². The van der Waals surface area contributed by atoms with Crippen LogP contribution in [0.3, 0.4) is 0 Å². The first kappa shape index (κ1) is 12.4. The van der Waals surface area contributed by atoms with E-state index in [1.807, 2.05) is 0 Å². The molecule has 88 valence electrons. The van der Waals surface area contributed by atoms with Crippen molar-refractivity contribution >= 4 is 5.91 Å². The first-order valence-electron chi connectivity index (χ1n) is 5.58. The van der Waals surface area contributed by atoms with Gasteiger partial charge in [-0.05, 0) is 7.05 Å². The third-order valence-corrected chi connectivity index (χ3v) is 2.75. The highest BCUT2D eigenvalue weighted by molar-refractivity contribution is 5.73. The minimum absolute atomic E-state index is 0.234. The molecule has 1 saturated heterocycles. The Labute approximate surface area is 91.6 Å². The van der Waals surface area contributed by atoms with Crippen LogP contribution in [-0.2, 0) is 4.79 Å². The lowest BCUT2D eigenvalue weighted by molar-refractivity contribution is -0.117. The number of carbonyl (C=O) groups is 1. The molecule has 0 aromatic rings. The maximum absolute atomic E-state index is 10.5. The van der Waals surface area contributed by atoms with Gasteiger partial charge in [0.05, 0.1) is 0 Å². The van der Waals surface area contributed by atoms with E-state index in [0.29, 0.717) is 13.0 Å². The number of amides is 1. The van der Waals surface area contributed by atoms with Crippen LogP contribution in [0.5, 0.6) is 0 Å². The molecule has 1 rings (SSSR count). The van der Waals surface area contributed by atoms with Crippen LogP contribution in [0.25, 0.3) is 0 Å². The second kappa shape index (κ2) is 6.76. The molecule has 5 heteroatoms. The molecule has 1 heterocycles. The fraction of sp³-hybridized carbons (Fsp3) is 0.900. The van der Waals surface area contributed by atoms with Crippen molar-refractivity contribution in [3.63, 3.8) is 0 Å². The molecule has 0 aromatic heterocycles. The zero-order valence-corrected chi connectivity index (χ0v) is 9.54. The maximum Gasteiger partial charge on any atom is 0.218 e. The minimum atomic E-state index is -0.234. The molecule has 1 aliphatic heterocycles. The van der Waals surface area contributed by atoms with Gasteiger partial charge in [0.1, 0.15) is 0 Å². The quantitative estimate of drug-likeness (QED) is 0.540. The molecule has 0 aromatic carbocycles. The van der Waals surface area contributed by atoms with Gasteiger partial charge in [-0.25, -0.2) is 0 Å². The van der Waals surface area contributed by atoms with Crippen LogP contribution in [0.1, 0.15) is 6.42 Å². The van der Waals surface area contributed by atoms with Crippen molar-refractivity contribution in [2.45, 2.75) is 6.42 Å². The third kappa shape index (κ3) is 5.71. The summed E-state index contributed by atoms with van der Waals surface area (Å²) >= 11 is 0. The van der Waals surface area contributed by atoms with Crippen LogP contribution in [0, 0.1) is 0 Å². The number of primary amides is 1. The minimum Gasteiger partial charge on any atom is -0.370 e. The van der Waals surface area contributed by atoms with Crippen LogP contribution in [-0.4, -0.2) is 68.6 Å². The molecule has 1 amide bonds. The molecular formula is C10H22N4O. The molecule has 0 aliphatic carbocycles. The van der Waals surface area contributed by atoms with Crippen molar-refractivity contribution in [3.8, 4) is 0 Å². The summed E-state index contributed by atoms with van der Waals surface area (Å²) in [6.45, 7) is 7.30. The summed E-state index contributed by atoms with van der Waals surface area (Å²) in [6.07, 6.45) is 0.433. The summed E-state index contributed by atoms with van der Waals surface area (Å²) in [4.78, 5) is 15.3. The lowest BCUT2D eigenvalue weighted by Gasteiger charge is -2.32. The van der Waals surface area contributed by atoms with Crippen molar-refractivity contribution in [3.05, 3.63) is 0 Å². The van der Waals surface area contributed by atoms with Gasteiger partial charge in [-0.15, -0.1) is 0 Å². The van der Waals surface area contributed by atoms with E-state index >= 15 is 0 Å². The van der Waals surface area contributed by atoms with Gasteiger partial charge in [0.25, 0.3) is 0 Å². The number of nitrogens with zero attached hydrogens (tertiary/aromatic N) is 2. The number of piperazine rings is 1. The zero-order chi connectivity index (χ0) is 11.1. The van der Waals surface area contributed by atoms with E-state index < -0.39 is 0 Å². The Morgan fingerprint density at radius 3 is 2.53 bits per heavy atom. The predicted molar refractivity (Wildman–Crippen MR) is 60.6 cm³/mol. The average molecular weight is 214 g/mol. The van der Waals surface area contributed by atoms with Crippen molar-refractivity contribution in [2.24, 2.45) is 5.73 Å². The Bertz CT molecular complexity index is 190. The number of rotatable bonds is 6. The monoisotopic (exact) mass is 214 g/mol. The second-order valence-electron chi connectivity index (χ2n) is 4.11. The fourth-order valence-corrected chi connectivity index (χ4v) is 1.65. The predicted octanol–water partition coefficient (Wildman–Crippen LogP) is -1.30. The lowest BCUT2D eigenvalue weighted by Crippen LogP contribution is -2.46. The number of nitrogens with one attached hydrogen (secondary N) is 1. The molecule has 0 unspecified atom stereocenters. The summed E-state index contributed by atoms with van der Waals surface area (Å²) in [5.74, 6) is -0.234. The molecule has 0 atom stereocenters. The Balaban J connectivity index is 1.94. The molecule has 1 fully saturated rings. The van der Waals surface area contributed by atoms with Crippen molar-refractivity contribution in [1.29, 1.82) is 0 Å². The molecule has 15 heavy (non-hydrogen) atoms. The number of hydrogen-bond donors (Lipinski definition) is 2. The van der Waals surface area contributed by atoms with E-state index in [0.717, 1.165) is 39.3 Å². The van der Waals surface area contributed by atoms with E-state index in [9.17, 15) is 4.79 Å². The molecule has 0 saturated carbocycles.